The number of carbonyl (C=O) groups excluding carboxylic acids is 1. The normalized spacial score (nSPS) is 10.5. The van der Waals surface area contributed by atoms with E-state index in [9.17, 15) is 4.79 Å². The first-order chi connectivity index (χ1) is 15.8. The Hall–Kier alpha value is -4.69. The zero-order chi connectivity index (χ0) is 24.4. The smallest absolute Gasteiger partial charge is 0.343 e. The Morgan fingerprint density at radius 2 is 1.91 bits per heavy atom. The second-order valence-electron chi connectivity index (χ2n) is 6.91. The van der Waals surface area contributed by atoms with Gasteiger partial charge in [-0.25, -0.2) is 9.78 Å². The van der Waals surface area contributed by atoms with Crippen LogP contribution in [0.5, 0.6) is 0 Å². The maximum Gasteiger partial charge on any atom is 0.343 e. The molecule has 0 atom stereocenters. The number of anilines is 3. The lowest BCUT2D eigenvalue weighted by atomic mass is 10.0. The SMILES string of the molecule is C=C(C#N)/C=C\C(=C)Nc1ncc(C(=O)OCC)c(Nc2c(C)cc(/C=C/C#N)cc2C)n1. The predicted molar refractivity (Wildman–Crippen MR) is 128 cm³/mol. The number of ether oxygens (including phenoxy) is 1. The molecule has 0 amide bonds. The van der Waals surface area contributed by atoms with E-state index < -0.39 is 5.97 Å². The van der Waals surface area contributed by atoms with Crippen molar-refractivity contribution in [3.05, 3.63) is 83.2 Å². The number of hydrogen-bond acceptors (Lipinski definition) is 8. The quantitative estimate of drug-likeness (QED) is 0.313. The van der Waals surface area contributed by atoms with Crippen LogP contribution in [0.1, 0.15) is 34.0 Å². The number of nitrogens with one attached hydrogen (secondary N) is 2. The zero-order valence-corrected chi connectivity index (χ0v) is 18.8. The molecule has 0 spiro atoms. The Kier molecular flexibility index (Phi) is 8.67. The first-order valence-corrected chi connectivity index (χ1v) is 10.0. The Labute approximate surface area is 193 Å². The minimum absolute atomic E-state index is 0.175. The fourth-order valence-electron chi connectivity index (χ4n) is 2.86. The number of rotatable bonds is 9. The van der Waals surface area contributed by atoms with Crippen LogP contribution in [-0.4, -0.2) is 22.5 Å². The van der Waals surface area contributed by atoms with Crippen molar-refractivity contribution in [1.82, 2.24) is 9.97 Å². The summed E-state index contributed by atoms with van der Waals surface area (Å²) >= 11 is 0. The number of benzene rings is 1. The van der Waals surface area contributed by atoms with Crippen molar-refractivity contribution >= 4 is 29.5 Å². The van der Waals surface area contributed by atoms with Gasteiger partial charge in [0.05, 0.1) is 18.7 Å². The van der Waals surface area contributed by atoms with E-state index in [1.807, 2.05) is 38.1 Å². The summed E-state index contributed by atoms with van der Waals surface area (Å²) in [5, 5.41) is 23.7. The van der Waals surface area contributed by atoms with Crippen LogP contribution in [0.3, 0.4) is 0 Å². The third-order valence-corrected chi connectivity index (χ3v) is 4.33. The van der Waals surface area contributed by atoms with Gasteiger partial charge in [0.1, 0.15) is 5.56 Å². The molecule has 0 radical (unpaired) electrons. The molecular formula is C25H24N6O2. The molecule has 1 heterocycles. The van der Waals surface area contributed by atoms with Gasteiger partial charge in [-0.15, -0.1) is 0 Å². The largest absolute Gasteiger partial charge is 0.462 e. The average Bonchev–Trinajstić information content (AvgIpc) is 2.78. The molecule has 2 N–H and O–H groups in total. The van der Waals surface area contributed by atoms with Gasteiger partial charge in [0.15, 0.2) is 5.82 Å². The minimum Gasteiger partial charge on any atom is -0.462 e. The lowest BCUT2D eigenvalue weighted by Gasteiger charge is -2.16. The molecule has 8 heteroatoms. The Morgan fingerprint density at radius 3 is 2.52 bits per heavy atom. The van der Waals surface area contributed by atoms with Crippen molar-refractivity contribution in [2.75, 3.05) is 17.2 Å². The van der Waals surface area contributed by atoms with Gasteiger partial charge >= 0.3 is 5.97 Å². The fourth-order valence-corrected chi connectivity index (χ4v) is 2.86. The van der Waals surface area contributed by atoms with E-state index in [-0.39, 0.29) is 29.5 Å². The molecule has 33 heavy (non-hydrogen) atoms. The standard InChI is InChI=1S/C25H24N6O2/c1-6-33-24(32)21-15-28-25(29-19(5)10-9-16(2)14-27)31-23(21)30-22-17(3)12-20(8-7-11-26)13-18(22)4/h7-10,12-13,15H,2,5-6H2,1,3-4H3,(H2,28,29,30,31)/b8-7+,10-9-. The highest BCUT2D eigenvalue weighted by Crippen LogP contribution is 2.28. The summed E-state index contributed by atoms with van der Waals surface area (Å²) in [6.07, 6.45) is 7.59. The molecule has 2 rings (SSSR count). The molecule has 0 saturated carbocycles. The monoisotopic (exact) mass is 440 g/mol. The van der Waals surface area contributed by atoms with Gasteiger partial charge in [0.25, 0.3) is 0 Å². The van der Waals surface area contributed by atoms with E-state index in [4.69, 9.17) is 15.3 Å². The van der Waals surface area contributed by atoms with E-state index in [1.165, 1.54) is 18.3 Å². The lowest BCUT2D eigenvalue weighted by molar-refractivity contribution is 0.0526. The number of hydrogen-bond donors (Lipinski definition) is 2. The van der Waals surface area contributed by atoms with Gasteiger partial charge < -0.3 is 15.4 Å². The van der Waals surface area contributed by atoms with Crippen LogP contribution in [0.15, 0.2) is 61.0 Å². The second kappa shape index (κ2) is 11.6. The summed E-state index contributed by atoms with van der Waals surface area (Å²) in [7, 11) is 0. The Bertz CT molecular complexity index is 1210. The molecule has 0 saturated heterocycles. The molecule has 0 bridgehead atoms. The minimum atomic E-state index is -0.556. The van der Waals surface area contributed by atoms with E-state index in [0.29, 0.717) is 5.70 Å². The zero-order valence-electron chi connectivity index (χ0n) is 18.8. The molecule has 0 fully saturated rings. The Morgan fingerprint density at radius 1 is 1.21 bits per heavy atom. The topological polar surface area (TPSA) is 124 Å². The van der Waals surface area contributed by atoms with Crippen molar-refractivity contribution in [2.24, 2.45) is 0 Å². The molecule has 2 aromatic rings. The van der Waals surface area contributed by atoms with Gasteiger partial charge in [-0.1, -0.05) is 13.2 Å². The van der Waals surface area contributed by atoms with E-state index in [2.05, 4.69) is 33.8 Å². The van der Waals surface area contributed by atoms with Crippen LogP contribution in [-0.2, 0) is 4.74 Å². The van der Waals surface area contributed by atoms with Crippen molar-refractivity contribution in [1.29, 1.82) is 10.5 Å². The third-order valence-electron chi connectivity index (χ3n) is 4.33. The summed E-state index contributed by atoms with van der Waals surface area (Å²) in [6.45, 7) is 13.2. The number of esters is 1. The molecule has 1 aromatic heterocycles. The van der Waals surface area contributed by atoms with E-state index in [1.54, 1.807) is 19.1 Å². The number of nitriles is 2. The number of aryl methyl sites for hydroxylation is 2. The first kappa shape index (κ1) is 24.6. The summed E-state index contributed by atoms with van der Waals surface area (Å²) in [4.78, 5) is 21.1. The van der Waals surface area contributed by atoms with Gasteiger partial charge in [-0.3, -0.25) is 0 Å². The molecule has 8 nitrogen and oxygen atoms in total. The van der Waals surface area contributed by atoms with Crippen molar-refractivity contribution in [2.45, 2.75) is 20.8 Å². The molecule has 1 aromatic carbocycles. The van der Waals surface area contributed by atoms with Gasteiger partial charge in [-0.2, -0.15) is 15.5 Å². The highest BCUT2D eigenvalue weighted by molar-refractivity contribution is 5.95. The number of nitrogens with zero attached hydrogens (tertiary/aromatic N) is 4. The average molecular weight is 441 g/mol. The van der Waals surface area contributed by atoms with Crippen molar-refractivity contribution < 1.29 is 9.53 Å². The third kappa shape index (κ3) is 6.91. The number of carbonyl (C=O) groups is 1. The summed E-state index contributed by atoms with van der Waals surface area (Å²) < 4.78 is 5.14. The molecule has 0 aliphatic carbocycles. The lowest BCUT2D eigenvalue weighted by Crippen LogP contribution is -2.13. The van der Waals surface area contributed by atoms with Gasteiger partial charge in [0, 0.05) is 29.2 Å². The Balaban J connectivity index is 2.43. The van der Waals surface area contributed by atoms with Crippen LogP contribution in [0.2, 0.25) is 0 Å². The summed E-state index contributed by atoms with van der Waals surface area (Å²) in [5.41, 5.74) is 4.34. The number of aromatic nitrogens is 2. The highest BCUT2D eigenvalue weighted by Gasteiger charge is 2.18. The van der Waals surface area contributed by atoms with Crippen molar-refractivity contribution in [3.63, 3.8) is 0 Å². The van der Waals surface area contributed by atoms with Crippen LogP contribution >= 0.6 is 0 Å². The van der Waals surface area contributed by atoms with Crippen LogP contribution < -0.4 is 10.6 Å². The fraction of sp³-hybridized carbons (Fsp3) is 0.160. The number of allylic oxidation sites excluding steroid dienone is 4. The summed E-state index contributed by atoms with van der Waals surface area (Å²) in [6, 6.07) is 7.73. The molecule has 0 unspecified atom stereocenters. The van der Waals surface area contributed by atoms with Gasteiger partial charge in [0.2, 0.25) is 5.95 Å². The van der Waals surface area contributed by atoms with Crippen molar-refractivity contribution in [3.8, 4) is 12.1 Å². The van der Waals surface area contributed by atoms with Crippen LogP contribution in [0, 0.1) is 36.5 Å². The highest BCUT2D eigenvalue weighted by atomic mass is 16.5. The van der Waals surface area contributed by atoms with Gasteiger partial charge in [-0.05, 0) is 67.8 Å². The maximum absolute atomic E-state index is 12.5. The molecule has 0 aliphatic rings. The predicted octanol–water partition coefficient (Wildman–Crippen LogP) is 5.11. The maximum atomic E-state index is 12.5. The molecule has 166 valence electrons. The van der Waals surface area contributed by atoms with Crippen LogP contribution in [0.4, 0.5) is 17.5 Å². The van der Waals surface area contributed by atoms with Crippen LogP contribution in [0.25, 0.3) is 6.08 Å². The first-order valence-electron chi connectivity index (χ1n) is 10.0. The molecular weight excluding hydrogens is 416 g/mol. The second-order valence-corrected chi connectivity index (χ2v) is 6.91. The molecule has 0 aliphatic heterocycles. The van der Waals surface area contributed by atoms with E-state index in [0.717, 1.165) is 22.4 Å². The van der Waals surface area contributed by atoms with E-state index >= 15 is 0 Å². The summed E-state index contributed by atoms with van der Waals surface area (Å²) in [5.74, 6) is -0.0956.